The molecule has 67 heavy (non-hydrogen) atoms. The molecule has 2 heterocycles. The minimum atomic E-state index is -2.50. The number of carboxylic acids is 1. The maximum atomic E-state index is 13.0. The second kappa shape index (κ2) is 30.3. The maximum Gasteiger partial charge on any atom is 0.364 e. The third-order valence-corrected chi connectivity index (χ3v) is 9.75. The summed E-state index contributed by atoms with van der Waals surface area (Å²) in [4.78, 5) is 49.0. The zero-order chi connectivity index (χ0) is 48.3. The van der Waals surface area contributed by atoms with Crippen LogP contribution in [-0.4, -0.2) is 188 Å². The highest BCUT2D eigenvalue weighted by Gasteiger charge is 2.55. The van der Waals surface area contributed by atoms with Gasteiger partial charge in [0.05, 0.1) is 117 Å². The summed E-state index contributed by atoms with van der Waals surface area (Å²) in [7, 11) is 0. The van der Waals surface area contributed by atoms with E-state index in [2.05, 4.69) is 26.3 Å². The van der Waals surface area contributed by atoms with Crippen LogP contribution in [0.3, 0.4) is 0 Å². The maximum absolute atomic E-state index is 13.0. The van der Waals surface area contributed by atoms with Crippen molar-refractivity contribution in [2.45, 2.75) is 76.1 Å². The Morgan fingerprint density at radius 2 is 1.45 bits per heavy atom. The number of carbonyl (C=O) groups is 4. The Hall–Kier alpha value is -5.18. The van der Waals surface area contributed by atoms with E-state index in [1.807, 2.05) is 13.0 Å². The molecule has 0 bridgehead atoms. The molecule has 0 spiro atoms. The molecule has 0 saturated carbocycles. The molecule has 4 rings (SSSR count). The molecule has 23 nitrogen and oxygen atoms in total. The lowest BCUT2D eigenvalue weighted by Gasteiger charge is -2.46. The lowest BCUT2D eigenvalue weighted by Crippen LogP contribution is -2.68. The summed E-state index contributed by atoms with van der Waals surface area (Å²) in [6.07, 6.45) is -5.58. The SMILES string of the molecule is CCNC(=O)CCOCCOCCOCCOCCn1cc(COCCOCCO[C@]2(C(=O)O)C[C@H](O)[C@@H](NC(C)=O)[C@H]([C@H](O)[C@H](O)CNC(=O)c3cccc(Oc4ccccc4)c3)O2)nn1. The van der Waals surface area contributed by atoms with Crippen molar-refractivity contribution in [1.29, 1.82) is 0 Å². The first-order valence-corrected chi connectivity index (χ1v) is 22.0. The van der Waals surface area contributed by atoms with Crippen molar-refractivity contribution in [3.05, 3.63) is 72.1 Å². The number of aliphatic carboxylic acids is 1. The minimum absolute atomic E-state index is 0.0374. The van der Waals surface area contributed by atoms with Crippen LogP contribution in [0.1, 0.15) is 42.7 Å². The average Bonchev–Trinajstić information content (AvgIpc) is 3.77. The van der Waals surface area contributed by atoms with Crippen LogP contribution in [0.4, 0.5) is 0 Å². The van der Waals surface area contributed by atoms with E-state index in [1.54, 1.807) is 47.3 Å². The number of ether oxygens (including phenoxy) is 9. The van der Waals surface area contributed by atoms with E-state index in [1.165, 1.54) is 12.1 Å². The molecule has 0 radical (unpaired) electrons. The fourth-order valence-corrected chi connectivity index (χ4v) is 6.46. The summed E-state index contributed by atoms with van der Waals surface area (Å²) in [5.41, 5.74) is 0.770. The van der Waals surface area contributed by atoms with Crippen molar-refractivity contribution >= 4 is 23.7 Å². The highest BCUT2D eigenvalue weighted by atomic mass is 16.7. The predicted molar refractivity (Wildman–Crippen MR) is 234 cm³/mol. The van der Waals surface area contributed by atoms with Crippen molar-refractivity contribution in [3.63, 3.8) is 0 Å². The molecule has 7 N–H and O–H groups in total. The van der Waals surface area contributed by atoms with Gasteiger partial charge >= 0.3 is 5.97 Å². The van der Waals surface area contributed by atoms with E-state index in [9.17, 15) is 39.6 Å². The molecular formula is C44H64N6O17. The highest BCUT2D eigenvalue weighted by molar-refractivity contribution is 5.94. The van der Waals surface area contributed by atoms with Crippen LogP contribution in [-0.2, 0) is 65.4 Å². The monoisotopic (exact) mass is 948 g/mol. The summed E-state index contributed by atoms with van der Waals surface area (Å²) >= 11 is 0. The van der Waals surface area contributed by atoms with E-state index in [4.69, 9.17) is 42.6 Å². The van der Waals surface area contributed by atoms with Crippen LogP contribution >= 0.6 is 0 Å². The first-order valence-electron chi connectivity index (χ1n) is 22.0. The lowest BCUT2D eigenvalue weighted by molar-refractivity contribution is -0.312. The van der Waals surface area contributed by atoms with Gasteiger partial charge in [-0.05, 0) is 37.3 Å². The Morgan fingerprint density at radius 1 is 0.821 bits per heavy atom. The molecule has 1 aliphatic heterocycles. The van der Waals surface area contributed by atoms with Crippen LogP contribution in [0.5, 0.6) is 11.5 Å². The molecule has 0 unspecified atom stereocenters. The summed E-state index contributed by atoms with van der Waals surface area (Å²) in [5, 5.41) is 59.2. The molecule has 23 heteroatoms. The van der Waals surface area contributed by atoms with Gasteiger partial charge in [0.25, 0.3) is 11.7 Å². The second-order valence-electron chi connectivity index (χ2n) is 15.0. The third kappa shape index (κ3) is 19.9. The van der Waals surface area contributed by atoms with E-state index in [-0.39, 0.29) is 44.5 Å². The number of carbonyl (C=O) groups excluding carboxylic acids is 3. The zero-order valence-corrected chi connectivity index (χ0v) is 37.8. The number of aromatic nitrogens is 3. The lowest BCUT2D eigenvalue weighted by atomic mass is 9.88. The van der Waals surface area contributed by atoms with Crippen molar-refractivity contribution in [3.8, 4) is 11.5 Å². The molecule has 1 aliphatic rings. The molecule has 1 aromatic heterocycles. The number of hydrogen-bond acceptors (Lipinski definition) is 18. The largest absolute Gasteiger partial charge is 0.477 e. The predicted octanol–water partition coefficient (Wildman–Crippen LogP) is -0.200. The van der Waals surface area contributed by atoms with Crippen molar-refractivity contribution in [2.24, 2.45) is 0 Å². The number of para-hydroxylation sites is 1. The molecule has 2 aromatic carbocycles. The summed E-state index contributed by atoms with van der Waals surface area (Å²) < 4.78 is 51.8. The molecule has 372 valence electrons. The van der Waals surface area contributed by atoms with E-state index in [0.717, 1.165) is 6.92 Å². The van der Waals surface area contributed by atoms with Gasteiger partial charge in [-0.1, -0.05) is 29.5 Å². The van der Waals surface area contributed by atoms with Gasteiger partial charge in [0, 0.05) is 38.4 Å². The first kappa shape index (κ1) is 54.4. The molecule has 3 amide bonds. The van der Waals surface area contributed by atoms with Gasteiger partial charge in [0.2, 0.25) is 11.8 Å². The first-order chi connectivity index (χ1) is 32.4. The van der Waals surface area contributed by atoms with Crippen molar-refractivity contribution in [2.75, 3.05) is 92.4 Å². The Morgan fingerprint density at radius 3 is 2.10 bits per heavy atom. The van der Waals surface area contributed by atoms with Crippen molar-refractivity contribution < 1.29 is 82.2 Å². The van der Waals surface area contributed by atoms with Gasteiger partial charge in [0.1, 0.15) is 29.4 Å². The quantitative estimate of drug-likeness (QED) is 0.0382. The van der Waals surface area contributed by atoms with Gasteiger partial charge in [-0.2, -0.15) is 0 Å². The minimum Gasteiger partial charge on any atom is -0.477 e. The standard InChI is InChI=1S/C44H64N6O17/c1-3-45-38(54)12-14-59-16-18-61-20-21-62-19-17-60-15-13-50-29-33(48-49-50)30-64-23-22-63-24-25-65-44(43(57)58)27-36(52)39(47-31(2)51)41(67-44)40(55)37(53)28-46-42(56)32-8-7-11-35(26-32)66-34-9-5-4-6-10-34/h4-11,26,29,36-37,39-41,52-53,55H,3,12-25,27-28,30H2,1-2H3,(H,45,54)(H,46,56)(H,47,51)(H,57,58)/t36-,37+,39+,40+,41+,44+/m0/s1. The normalized spacial score (nSPS) is 19.0. The summed E-state index contributed by atoms with van der Waals surface area (Å²) in [6, 6.07) is 13.8. The second-order valence-corrected chi connectivity index (χ2v) is 15.0. The fraction of sp³-hybridized carbons (Fsp3) is 0.591. The molecule has 1 fully saturated rings. The summed E-state index contributed by atoms with van der Waals surface area (Å²) in [6.45, 7) is 6.72. The average molecular weight is 949 g/mol. The fourth-order valence-electron chi connectivity index (χ4n) is 6.46. The Labute approximate surface area is 388 Å². The number of carboxylic acid groups (broad SMARTS) is 1. The van der Waals surface area contributed by atoms with E-state index >= 15 is 0 Å². The number of aliphatic hydroxyl groups is 3. The van der Waals surface area contributed by atoms with Gasteiger partial charge in [-0.15, -0.1) is 5.10 Å². The number of nitrogens with one attached hydrogen (secondary N) is 3. The zero-order valence-electron chi connectivity index (χ0n) is 37.8. The van der Waals surface area contributed by atoms with Crippen LogP contribution < -0.4 is 20.7 Å². The molecule has 3 aromatic rings. The molecule has 1 saturated heterocycles. The van der Waals surface area contributed by atoms with Gasteiger partial charge in [0.15, 0.2) is 0 Å². The number of hydrogen-bond donors (Lipinski definition) is 7. The Kier molecular flexibility index (Phi) is 24.6. The van der Waals surface area contributed by atoms with Crippen LogP contribution in [0.15, 0.2) is 60.8 Å². The van der Waals surface area contributed by atoms with E-state index < -0.39 is 67.0 Å². The van der Waals surface area contributed by atoms with Crippen LogP contribution in [0, 0.1) is 0 Å². The number of rotatable bonds is 34. The molecular weight excluding hydrogens is 885 g/mol. The highest BCUT2D eigenvalue weighted by Crippen LogP contribution is 2.33. The van der Waals surface area contributed by atoms with E-state index in [0.29, 0.717) is 89.6 Å². The third-order valence-electron chi connectivity index (χ3n) is 9.75. The van der Waals surface area contributed by atoms with Crippen molar-refractivity contribution in [1.82, 2.24) is 30.9 Å². The summed E-state index contributed by atoms with van der Waals surface area (Å²) in [5.74, 6) is -4.47. The Balaban J connectivity index is 1.10. The van der Waals surface area contributed by atoms with Crippen LogP contribution in [0.2, 0.25) is 0 Å². The number of aliphatic hydroxyl groups excluding tert-OH is 3. The Bertz CT molecular complexity index is 1910. The number of benzene rings is 2. The number of nitrogens with zero attached hydrogens (tertiary/aromatic N) is 3. The van der Waals surface area contributed by atoms with Gasteiger partial charge in [-0.25, -0.2) is 9.48 Å². The molecule has 6 atom stereocenters. The van der Waals surface area contributed by atoms with Crippen LogP contribution in [0.25, 0.3) is 0 Å². The smallest absolute Gasteiger partial charge is 0.364 e. The van der Waals surface area contributed by atoms with Gasteiger partial charge < -0.3 is 79.0 Å². The topological polar surface area (TPSA) is 299 Å². The number of amides is 3. The van der Waals surface area contributed by atoms with Gasteiger partial charge in [-0.3, -0.25) is 14.4 Å². The molecule has 0 aliphatic carbocycles.